The number of thioether (sulfide) groups is 1. The Morgan fingerprint density at radius 3 is 2.55 bits per heavy atom. The van der Waals surface area contributed by atoms with Crippen LogP contribution in [0.1, 0.15) is 55.7 Å². The van der Waals surface area contributed by atoms with E-state index in [2.05, 4.69) is 26.1 Å². The van der Waals surface area contributed by atoms with E-state index in [1.807, 2.05) is 54.1 Å². The zero-order valence-electron chi connectivity index (χ0n) is 27.4. The fourth-order valence-electron chi connectivity index (χ4n) is 6.05. The number of carbonyl (C=O) groups is 2. The SMILES string of the molecule is COc1cc2c(c(OC)c1OC)-c1ccc(NC(CCSC)C(=O)NC(C)c3nnc4ccccn34)c(=O)cc1C(NC(C)=O)CC2. The van der Waals surface area contributed by atoms with Gasteiger partial charge >= 0.3 is 0 Å². The zero-order chi connectivity index (χ0) is 33.7. The van der Waals surface area contributed by atoms with Crippen molar-refractivity contribution in [2.45, 2.75) is 51.2 Å². The molecular weight excluding hydrogens is 620 g/mol. The molecule has 0 fully saturated rings. The van der Waals surface area contributed by atoms with Crippen molar-refractivity contribution < 1.29 is 23.8 Å². The third-order valence-electron chi connectivity index (χ3n) is 8.26. The Bertz CT molecular complexity index is 1850. The number of hydrogen-bond donors (Lipinski definition) is 3. The molecule has 0 bridgehead atoms. The van der Waals surface area contributed by atoms with Gasteiger partial charge in [0.1, 0.15) is 6.04 Å². The molecule has 4 aromatic rings. The number of methoxy groups -OCH3 is 3. The summed E-state index contributed by atoms with van der Waals surface area (Å²) in [5.41, 5.74) is 3.64. The van der Waals surface area contributed by atoms with Crippen molar-refractivity contribution in [1.82, 2.24) is 25.2 Å². The van der Waals surface area contributed by atoms with E-state index in [9.17, 15) is 14.4 Å². The van der Waals surface area contributed by atoms with Crippen LogP contribution in [0.25, 0.3) is 16.8 Å². The van der Waals surface area contributed by atoms with Crippen LogP contribution in [-0.2, 0) is 16.0 Å². The maximum Gasteiger partial charge on any atom is 0.243 e. The third-order valence-corrected chi connectivity index (χ3v) is 8.90. The van der Waals surface area contributed by atoms with E-state index in [1.54, 1.807) is 39.2 Å². The van der Waals surface area contributed by atoms with E-state index in [0.29, 0.717) is 64.9 Å². The lowest BCUT2D eigenvalue weighted by Gasteiger charge is -2.21. The summed E-state index contributed by atoms with van der Waals surface area (Å²) in [6.45, 7) is 3.30. The third kappa shape index (κ3) is 6.99. The van der Waals surface area contributed by atoms with Crippen molar-refractivity contribution in [3.63, 3.8) is 0 Å². The number of hydrogen-bond acceptors (Lipinski definition) is 10. The molecule has 2 aromatic carbocycles. The second-order valence-corrected chi connectivity index (χ2v) is 12.3. The van der Waals surface area contributed by atoms with Crippen molar-refractivity contribution in [1.29, 1.82) is 0 Å². The highest BCUT2D eigenvalue weighted by atomic mass is 32.2. The highest BCUT2D eigenvalue weighted by Crippen LogP contribution is 2.50. The number of rotatable bonds is 12. The number of amides is 2. The van der Waals surface area contributed by atoms with Crippen LogP contribution in [0.4, 0.5) is 5.69 Å². The first kappa shape index (κ1) is 33.6. The fraction of sp³-hybridized carbons (Fsp3) is 0.382. The number of carbonyl (C=O) groups excluding carboxylic acids is 2. The van der Waals surface area contributed by atoms with Crippen LogP contribution in [0.2, 0.25) is 0 Å². The summed E-state index contributed by atoms with van der Waals surface area (Å²) in [4.78, 5) is 39.9. The second kappa shape index (κ2) is 14.8. The van der Waals surface area contributed by atoms with E-state index >= 15 is 0 Å². The van der Waals surface area contributed by atoms with E-state index in [0.717, 1.165) is 11.1 Å². The van der Waals surface area contributed by atoms with Crippen LogP contribution >= 0.6 is 11.8 Å². The Morgan fingerprint density at radius 2 is 1.85 bits per heavy atom. The smallest absolute Gasteiger partial charge is 0.243 e. The number of ether oxygens (including phenoxy) is 3. The second-order valence-electron chi connectivity index (χ2n) is 11.3. The Kier molecular flexibility index (Phi) is 10.5. The number of anilines is 1. The van der Waals surface area contributed by atoms with Gasteiger partial charge in [0.05, 0.1) is 39.1 Å². The normalized spacial score (nSPS) is 15.0. The Labute approximate surface area is 277 Å². The van der Waals surface area contributed by atoms with Gasteiger partial charge in [-0.05, 0) is 85.2 Å². The molecule has 3 unspecified atom stereocenters. The number of fused-ring (bicyclic) bond motifs is 4. The molecule has 0 saturated carbocycles. The zero-order valence-corrected chi connectivity index (χ0v) is 28.2. The summed E-state index contributed by atoms with van der Waals surface area (Å²) < 4.78 is 19.0. The highest BCUT2D eigenvalue weighted by molar-refractivity contribution is 7.98. The molecule has 2 aromatic heterocycles. The van der Waals surface area contributed by atoms with Gasteiger partial charge in [-0.3, -0.25) is 18.8 Å². The van der Waals surface area contributed by atoms with Gasteiger partial charge in [0.15, 0.2) is 23.0 Å². The minimum Gasteiger partial charge on any atom is -0.493 e. The molecule has 12 nitrogen and oxygen atoms in total. The summed E-state index contributed by atoms with van der Waals surface area (Å²) >= 11 is 1.61. The molecule has 0 spiro atoms. The number of nitrogens with one attached hydrogen (secondary N) is 3. The Balaban J connectivity index is 1.55. The van der Waals surface area contributed by atoms with Crippen molar-refractivity contribution in [3.8, 4) is 28.4 Å². The monoisotopic (exact) mass is 660 g/mol. The van der Waals surface area contributed by atoms with Gasteiger partial charge in [-0.2, -0.15) is 11.8 Å². The maximum absolute atomic E-state index is 13.9. The topological polar surface area (TPSA) is 145 Å². The summed E-state index contributed by atoms with van der Waals surface area (Å²) in [6.07, 6.45) is 5.42. The molecule has 0 aliphatic heterocycles. The Morgan fingerprint density at radius 1 is 1.06 bits per heavy atom. The van der Waals surface area contributed by atoms with Gasteiger partial charge < -0.3 is 30.2 Å². The summed E-state index contributed by atoms with van der Waals surface area (Å²) in [7, 11) is 4.66. The van der Waals surface area contributed by atoms with Crippen LogP contribution in [-0.4, -0.2) is 65.8 Å². The first-order valence-corrected chi connectivity index (χ1v) is 16.7. The predicted octanol–water partition coefficient (Wildman–Crippen LogP) is 4.32. The van der Waals surface area contributed by atoms with Gasteiger partial charge in [0, 0.05) is 18.7 Å². The molecular formula is C34H40N6O6S. The van der Waals surface area contributed by atoms with E-state index in [-0.39, 0.29) is 22.9 Å². The lowest BCUT2D eigenvalue weighted by atomic mass is 9.95. The first-order chi connectivity index (χ1) is 22.7. The number of benzene rings is 1. The van der Waals surface area contributed by atoms with E-state index in [1.165, 1.54) is 13.0 Å². The summed E-state index contributed by atoms with van der Waals surface area (Å²) in [6, 6.07) is 11.0. The van der Waals surface area contributed by atoms with Gasteiger partial charge in [0.2, 0.25) is 23.0 Å². The largest absolute Gasteiger partial charge is 0.493 e. The average molecular weight is 661 g/mol. The molecule has 3 N–H and O–H groups in total. The molecule has 2 heterocycles. The number of aryl methyl sites for hydroxylation is 1. The predicted molar refractivity (Wildman–Crippen MR) is 183 cm³/mol. The van der Waals surface area contributed by atoms with Crippen LogP contribution in [0, 0.1) is 0 Å². The van der Waals surface area contributed by atoms with Gasteiger partial charge in [0.25, 0.3) is 0 Å². The fourth-order valence-corrected chi connectivity index (χ4v) is 6.52. The highest BCUT2D eigenvalue weighted by Gasteiger charge is 2.30. The number of aromatic nitrogens is 3. The van der Waals surface area contributed by atoms with Gasteiger partial charge in [-0.25, -0.2) is 0 Å². The molecule has 248 valence electrons. The minimum absolute atomic E-state index is 0.213. The lowest BCUT2D eigenvalue weighted by molar-refractivity contribution is -0.122. The molecule has 47 heavy (non-hydrogen) atoms. The molecule has 2 amide bonds. The van der Waals surface area contributed by atoms with Gasteiger partial charge in [-0.15, -0.1) is 10.2 Å². The molecule has 1 aliphatic carbocycles. The van der Waals surface area contributed by atoms with Crippen LogP contribution in [0.15, 0.2) is 53.5 Å². The van der Waals surface area contributed by atoms with E-state index in [4.69, 9.17) is 14.2 Å². The van der Waals surface area contributed by atoms with Crippen LogP contribution in [0.5, 0.6) is 17.2 Å². The van der Waals surface area contributed by atoms with Gasteiger partial charge in [-0.1, -0.05) is 12.1 Å². The molecule has 13 heteroatoms. The Hall–Kier alpha value is -4.78. The van der Waals surface area contributed by atoms with Crippen LogP contribution < -0.4 is 35.6 Å². The number of nitrogens with zero attached hydrogens (tertiary/aromatic N) is 3. The number of pyridine rings is 1. The molecule has 3 atom stereocenters. The average Bonchev–Trinajstić information content (AvgIpc) is 3.37. The first-order valence-electron chi connectivity index (χ1n) is 15.3. The molecule has 0 saturated heterocycles. The quantitative estimate of drug-likeness (QED) is 0.201. The molecule has 1 aliphatic rings. The summed E-state index contributed by atoms with van der Waals surface area (Å²) in [5.74, 6) is 2.21. The molecule has 5 rings (SSSR count). The summed E-state index contributed by atoms with van der Waals surface area (Å²) in [5, 5.41) is 17.8. The van der Waals surface area contributed by atoms with Crippen LogP contribution in [0.3, 0.4) is 0 Å². The standard InChI is InChI=1S/C34H40N6O6S/c1-19(33-39-38-29-9-7-8-15-40(29)33)35-34(43)26(14-16-47-6)37-25-13-11-22-23(18-27(25)42)24(36-20(2)41)12-10-21-17-28(44-3)31(45-4)32(46-5)30(21)22/h7-9,11,13,15,17-19,24,26H,10,12,14,16H2,1-6H3,(H,35,43)(H,36,41)(H,37,42). The lowest BCUT2D eigenvalue weighted by Crippen LogP contribution is -2.42. The van der Waals surface area contributed by atoms with Crippen molar-refractivity contribution >= 4 is 34.9 Å². The molecule has 0 radical (unpaired) electrons. The maximum atomic E-state index is 13.9. The minimum atomic E-state index is -0.712. The van der Waals surface area contributed by atoms with Crippen molar-refractivity contribution in [3.05, 3.63) is 75.8 Å². The van der Waals surface area contributed by atoms with E-state index < -0.39 is 18.1 Å². The van der Waals surface area contributed by atoms with Crippen molar-refractivity contribution in [2.24, 2.45) is 0 Å². The van der Waals surface area contributed by atoms with Crippen molar-refractivity contribution in [2.75, 3.05) is 38.7 Å².